The first-order chi connectivity index (χ1) is 8.64. The van der Waals surface area contributed by atoms with Crippen LogP contribution >= 0.6 is 0 Å². The summed E-state index contributed by atoms with van der Waals surface area (Å²) >= 11 is 0. The molecule has 1 saturated heterocycles. The number of aromatic nitrogens is 4. The quantitative estimate of drug-likeness (QED) is 0.807. The van der Waals surface area contributed by atoms with Gasteiger partial charge >= 0.3 is 0 Å². The Hall–Kier alpha value is -1.02. The number of rotatable bonds is 4. The summed E-state index contributed by atoms with van der Waals surface area (Å²) in [5.41, 5.74) is 0. The van der Waals surface area contributed by atoms with Crippen LogP contribution in [0.4, 0.5) is 0 Å². The molecule has 2 heterocycles. The van der Waals surface area contributed by atoms with Gasteiger partial charge in [0.25, 0.3) is 0 Å². The van der Waals surface area contributed by atoms with Crippen LogP contribution < -0.4 is 5.32 Å². The smallest absolute Gasteiger partial charge is 0.165 e. The van der Waals surface area contributed by atoms with Gasteiger partial charge in [-0.25, -0.2) is 13.1 Å². The molecular weight excluding hydrogens is 254 g/mol. The molecule has 18 heavy (non-hydrogen) atoms. The Kier molecular flexibility index (Phi) is 3.06. The Bertz CT molecular complexity index is 508. The predicted octanol–water partition coefficient (Wildman–Crippen LogP) is -0.325. The molecule has 0 bridgehead atoms. The number of nitrogens with one attached hydrogen (secondary N) is 1. The zero-order chi connectivity index (χ0) is 12.6. The molecular formula is C10H17N5O2S. The minimum Gasteiger partial charge on any atom is -0.307 e. The van der Waals surface area contributed by atoms with E-state index in [9.17, 15) is 8.42 Å². The molecule has 100 valence electrons. The van der Waals surface area contributed by atoms with Crippen LogP contribution in [0.1, 0.15) is 37.5 Å². The van der Waals surface area contributed by atoms with E-state index in [0.29, 0.717) is 25.4 Å². The Morgan fingerprint density at radius 3 is 2.61 bits per heavy atom. The third-order valence-corrected chi connectivity index (χ3v) is 5.27. The van der Waals surface area contributed by atoms with Crippen LogP contribution in [0.3, 0.4) is 0 Å². The van der Waals surface area contributed by atoms with Gasteiger partial charge in [0, 0.05) is 6.04 Å². The van der Waals surface area contributed by atoms with E-state index in [1.807, 2.05) is 0 Å². The van der Waals surface area contributed by atoms with Crippen molar-refractivity contribution in [3.8, 4) is 0 Å². The lowest BCUT2D eigenvalue weighted by molar-refractivity contribution is 0.388. The number of nitrogens with zero attached hydrogens (tertiary/aromatic N) is 4. The maximum atomic E-state index is 11.4. The molecule has 1 N–H and O–H groups in total. The van der Waals surface area contributed by atoms with Crippen molar-refractivity contribution in [3.63, 3.8) is 0 Å². The van der Waals surface area contributed by atoms with E-state index in [2.05, 4.69) is 20.8 Å². The molecule has 3 rings (SSSR count). The van der Waals surface area contributed by atoms with Crippen molar-refractivity contribution >= 4 is 9.84 Å². The van der Waals surface area contributed by atoms with Gasteiger partial charge < -0.3 is 5.32 Å². The van der Waals surface area contributed by atoms with E-state index in [1.54, 1.807) is 4.68 Å². The average Bonchev–Trinajstić information content (AvgIpc) is 3.05. The molecule has 1 aromatic rings. The summed E-state index contributed by atoms with van der Waals surface area (Å²) in [4.78, 5) is 0. The van der Waals surface area contributed by atoms with Crippen LogP contribution in [0.15, 0.2) is 0 Å². The van der Waals surface area contributed by atoms with Gasteiger partial charge in [0.2, 0.25) is 0 Å². The molecule has 1 aliphatic heterocycles. The van der Waals surface area contributed by atoms with Crippen LogP contribution in [0.2, 0.25) is 0 Å². The first kappa shape index (κ1) is 12.0. The summed E-state index contributed by atoms with van der Waals surface area (Å²) in [5.74, 6) is 1.30. The highest BCUT2D eigenvalue weighted by Crippen LogP contribution is 2.24. The Balaban J connectivity index is 1.66. The topological polar surface area (TPSA) is 89.8 Å². The normalized spacial score (nSPS) is 24.2. The highest BCUT2D eigenvalue weighted by atomic mass is 32.2. The van der Waals surface area contributed by atoms with Gasteiger partial charge in [-0.15, -0.1) is 5.10 Å². The van der Waals surface area contributed by atoms with Crippen molar-refractivity contribution < 1.29 is 8.42 Å². The van der Waals surface area contributed by atoms with Crippen molar-refractivity contribution in [1.29, 1.82) is 0 Å². The second-order valence-corrected chi connectivity index (χ2v) is 7.38. The van der Waals surface area contributed by atoms with E-state index in [4.69, 9.17) is 0 Å². The molecule has 0 spiro atoms. The highest BCUT2D eigenvalue weighted by molar-refractivity contribution is 7.91. The third-order valence-electron chi connectivity index (χ3n) is 3.56. The summed E-state index contributed by atoms with van der Waals surface area (Å²) in [6.45, 7) is 0.668. The molecule has 1 aromatic heterocycles. The number of hydrogen-bond acceptors (Lipinski definition) is 6. The van der Waals surface area contributed by atoms with Crippen LogP contribution in [0.5, 0.6) is 0 Å². The summed E-state index contributed by atoms with van der Waals surface area (Å²) < 4.78 is 24.6. The second kappa shape index (κ2) is 4.58. The Morgan fingerprint density at radius 2 is 1.94 bits per heavy atom. The summed E-state index contributed by atoms with van der Waals surface area (Å²) in [7, 11) is -2.83. The fraction of sp³-hybridized carbons (Fsp3) is 0.900. The van der Waals surface area contributed by atoms with Crippen molar-refractivity contribution in [3.05, 3.63) is 5.82 Å². The van der Waals surface area contributed by atoms with Gasteiger partial charge in [0.05, 0.1) is 24.1 Å². The number of tetrazole rings is 1. The second-order valence-electron chi connectivity index (χ2n) is 5.08. The standard InChI is InChI=1S/C10H17N5O2S/c16-18(17)5-3-9(4-6-18)15-10(12-13-14-15)7-11-8-1-2-8/h8-9,11H,1-7H2. The zero-order valence-corrected chi connectivity index (χ0v) is 10.9. The summed E-state index contributed by atoms with van der Waals surface area (Å²) in [6.07, 6.45) is 3.68. The van der Waals surface area contributed by atoms with Gasteiger partial charge in [0.1, 0.15) is 9.84 Å². The van der Waals surface area contributed by atoms with Crippen molar-refractivity contribution in [2.45, 2.75) is 44.3 Å². The molecule has 0 aromatic carbocycles. The SMILES string of the molecule is O=S1(=O)CCC(n2nnnc2CNC2CC2)CC1. The van der Waals surface area contributed by atoms with Crippen LogP contribution in [-0.4, -0.2) is 46.2 Å². The van der Waals surface area contributed by atoms with E-state index in [1.165, 1.54) is 12.8 Å². The molecule has 1 saturated carbocycles. The van der Waals surface area contributed by atoms with E-state index in [-0.39, 0.29) is 17.5 Å². The lowest BCUT2D eigenvalue weighted by atomic mass is 10.1. The van der Waals surface area contributed by atoms with Crippen LogP contribution in [0, 0.1) is 0 Å². The van der Waals surface area contributed by atoms with E-state index < -0.39 is 9.84 Å². The molecule has 0 amide bonds. The molecule has 1 aliphatic carbocycles. The zero-order valence-electron chi connectivity index (χ0n) is 10.1. The van der Waals surface area contributed by atoms with Crippen LogP contribution in [-0.2, 0) is 16.4 Å². The van der Waals surface area contributed by atoms with Gasteiger partial charge in [-0.1, -0.05) is 0 Å². The maximum absolute atomic E-state index is 11.4. The third kappa shape index (κ3) is 2.69. The van der Waals surface area contributed by atoms with E-state index in [0.717, 1.165) is 5.82 Å². The van der Waals surface area contributed by atoms with Crippen molar-refractivity contribution in [2.75, 3.05) is 11.5 Å². The highest BCUT2D eigenvalue weighted by Gasteiger charge is 2.28. The van der Waals surface area contributed by atoms with Gasteiger partial charge in [-0.2, -0.15) is 0 Å². The molecule has 0 radical (unpaired) electrons. The Morgan fingerprint density at radius 1 is 1.22 bits per heavy atom. The maximum Gasteiger partial charge on any atom is 0.165 e. The van der Waals surface area contributed by atoms with Gasteiger partial charge in [-0.05, 0) is 36.1 Å². The summed E-state index contributed by atoms with van der Waals surface area (Å²) in [6, 6.07) is 0.737. The minimum atomic E-state index is -2.83. The molecule has 2 fully saturated rings. The molecule has 7 nitrogen and oxygen atoms in total. The predicted molar refractivity (Wildman–Crippen MR) is 64.6 cm³/mol. The van der Waals surface area contributed by atoms with Crippen molar-refractivity contribution in [1.82, 2.24) is 25.5 Å². The van der Waals surface area contributed by atoms with Gasteiger partial charge in [-0.3, -0.25) is 0 Å². The van der Waals surface area contributed by atoms with Crippen LogP contribution in [0.25, 0.3) is 0 Å². The van der Waals surface area contributed by atoms with E-state index >= 15 is 0 Å². The average molecular weight is 271 g/mol. The molecule has 0 unspecified atom stereocenters. The van der Waals surface area contributed by atoms with Crippen molar-refractivity contribution in [2.24, 2.45) is 0 Å². The molecule has 2 aliphatic rings. The Labute approximate surface area is 106 Å². The fourth-order valence-electron chi connectivity index (χ4n) is 2.26. The lowest BCUT2D eigenvalue weighted by Gasteiger charge is -2.22. The minimum absolute atomic E-state index is 0.125. The summed E-state index contributed by atoms with van der Waals surface area (Å²) in [5, 5.41) is 15.1. The monoisotopic (exact) mass is 271 g/mol. The number of hydrogen-bond donors (Lipinski definition) is 1. The first-order valence-corrected chi connectivity index (χ1v) is 8.17. The van der Waals surface area contributed by atoms with Gasteiger partial charge in [0.15, 0.2) is 5.82 Å². The largest absolute Gasteiger partial charge is 0.307 e. The molecule has 0 atom stereocenters. The lowest BCUT2D eigenvalue weighted by Crippen LogP contribution is -2.28. The molecule has 8 heteroatoms. The first-order valence-electron chi connectivity index (χ1n) is 6.34. The fourth-order valence-corrected chi connectivity index (χ4v) is 3.72. The number of sulfone groups is 1.